The van der Waals surface area contributed by atoms with Crippen molar-refractivity contribution in [3.8, 4) is 22.2 Å². The maximum atomic E-state index is 5.61. The van der Waals surface area contributed by atoms with E-state index in [1.165, 1.54) is 11.3 Å². The highest BCUT2D eigenvalue weighted by Gasteiger charge is 2.13. The molecule has 0 spiro atoms. The Labute approximate surface area is 153 Å². The smallest absolute Gasteiger partial charge is 0.210 e. The fourth-order valence-electron chi connectivity index (χ4n) is 2.81. The van der Waals surface area contributed by atoms with E-state index >= 15 is 0 Å². The molecule has 26 heavy (non-hydrogen) atoms. The van der Waals surface area contributed by atoms with Gasteiger partial charge in [0, 0.05) is 17.1 Å². The maximum absolute atomic E-state index is 5.61. The van der Waals surface area contributed by atoms with Crippen LogP contribution in [0.3, 0.4) is 0 Å². The zero-order valence-corrected chi connectivity index (χ0v) is 14.5. The highest BCUT2D eigenvalue weighted by atomic mass is 32.1. The highest BCUT2D eigenvalue weighted by molar-refractivity contribution is 7.18. The van der Waals surface area contributed by atoms with E-state index in [-0.39, 0.29) is 0 Å². The molecule has 128 valence electrons. The van der Waals surface area contributed by atoms with Crippen LogP contribution in [0.1, 0.15) is 0 Å². The maximum Gasteiger partial charge on any atom is 0.210 e. The van der Waals surface area contributed by atoms with E-state index in [4.69, 9.17) is 9.47 Å². The summed E-state index contributed by atoms with van der Waals surface area (Å²) in [5.41, 5.74) is 2.64. The summed E-state index contributed by atoms with van der Waals surface area (Å²) in [7, 11) is 0. The quantitative estimate of drug-likeness (QED) is 0.587. The van der Waals surface area contributed by atoms with Crippen LogP contribution in [-0.4, -0.2) is 28.4 Å². The molecular formula is C19H14N4O2S. The van der Waals surface area contributed by atoms with Crippen molar-refractivity contribution in [1.82, 2.24) is 15.2 Å². The number of nitrogens with zero attached hydrogens (tertiary/aromatic N) is 3. The molecule has 1 N–H and O–H groups in total. The molecule has 2 aromatic heterocycles. The van der Waals surface area contributed by atoms with Crippen LogP contribution >= 0.6 is 11.3 Å². The zero-order valence-electron chi connectivity index (χ0n) is 13.7. The minimum absolute atomic E-state index is 0.563. The summed E-state index contributed by atoms with van der Waals surface area (Å²) < 4.78 is 11.1. The number of aromatic nitrogens is 3. The Bertz CT molecular complexity index is 1100. The van der Waals surface area contributed by atoms with Gasteiger partial charge in [-0.3, -0.25) is 0 Å². The standard InChI is InChI=1S/C19H14N4O2S/c1-2-4-14-12(3-1)5-7-15(21-14)18-22-23-19(26-18)20-13-6-8-16-17(11-13)25-10-9-24-16/h1-8,11H,9-10H2,(H,20,23). The number of rotatable bonds is 3. The zero-order chi connectivity index (χ0) is 17.3. The normalized spacial score (nSPS) is 12.9. The molecule has 0 amide bonds. The van der Waals surface area contributed by atoms with Crippen LogP contribution in [0.25, 0.3) is 21.6 Å². The van der Waals surface area contributed by atoms with Gasteiger partial charge in [0.25, 0.3) is 0 Å². The van der Waals surface area contributed by atoms with Gasteiger partial charge in [0.05, 0.1) is 5.52 Å². The molecule has 4 aromatic rings. The SMILES string of the molecule is c1ccc2nc(-c3nnc(Nc4ccc5c(c4)OCCO5)s3)ccc2c1. The molecule has 7 heteroatoms. The number of pyridine rings is 1. The minimum Gasteiger partial charge on any atom is -0.486 e. The highest BCUT2D eigenvalue weighted by Crippen LogP contribution is 2.34. The van der Waals surface area contributed by atoms with Crippen LogP contribution in [0.2, 0.25) is 0 Å². The molecule has 0 atom stereocenters. The first-order chi connectivity index (χ1) is 12.8. The fourth-order valence-corrected chi connectivity index (χ4v) is 3.54. The molecule has 0 bridgehead atoms. The van der Waals surface area contributed by atoms with Crippen LogP contribution in [0.5, 0.6) is 11.5 Å². The lowest BCUT2D eigenvalue weighted by molar-refractivity contribution is 0.171. The second kappa shape index (κ2) is 6.27. The van der Waals surface area contributed by atoms with E-state index in [9.17, 15) is 0 Å². The van der Waals surface area contributed by atoms with E-state index in [1.807, 2.05) is 54.6 Å². The summed E-state index contributed by atoms with van der Waals surface area (Å²) in [5.74, 6) is 1.50. The molecule has 1 aliphatic rings. The van der Waals surface area contributed by atoms with Crippen molar-refractivity contribution in [2.75, 3.05) is 18.5 Å². The van der Waals surface area contributed by atoms with Crippen LogP contribution in [0.15, 0.2) is 54.6 Å². The average Bonchev–Trinajstić information content (AvgIpc) is 3.16. The number of hydrogen-bond donors (Lipinski definition) is 1. The predicted octanol–water partition coefficient (Wildman–Crippen LogP) is 4.27. The van der Waals surface area contributed by atoms with Crippen LogP contribution in [0, 0.1) is 0 Å². The number of para-hydroxylation sites is 1. The first-order valence-electron chi connectivity index (χ1n) is 8.21. The summed E-state index contributed by atoms with van der Waals surface area (Å²) in [6, 6.07) is 17.8. The Morgan fingerprint density at radius 3 is 2.73 bits per heavy atom. The van der Waals surface area contributed by atoms with Crippen molar-refractivity contribution in [1.29, 1.82) is 0 Å². The first-order valence-corrected chi connectivity index (χ1v) is 9.03. The van der Waals surface area contributed by atoms with Crippen molar-refractivity contribution in [2.45, 2.75) is 0 Å². The van der Waals surface area contributed by atoms with E-state index < -0.39 is 0 Å². The van der Waals surface area contributed by atoms with Crippen LogP contribution < -0.4 is 14.8 Å². The minimum atomic E-state index is 0.563. The van der Waals surface area contributed by atoms with E-state index in [2.05, 4.69) is 20.5 Å². The summed E-state index contributed by atoms with van der Waals surface area (Å²) in [6.45, 7) is 1.14. The van der Waals surface area contributed by atoms with Gasteiger partial charge < -0.3 is 14.8 Å². The van der Waals surface area contributed by atoms with Gasteiger partial charge in [-0.05, 0) is 24.3 Å². The number of benzene rings is 2. The lowest BCUT2D eigenvalue weighted by Gasteiger charge is -2.18. The number of nitrogens with one attached hydrogen (secondary N) is 1. The van der Waals surface area contributed by atoms with Crippen molar-refractivity contribution in [3.05, 3.63) is 54.6 Å². The largest absolute Gasteiger partial charge is 0.486 e. The Hall–Kier alpha value is -3.19. The number of hydrogen-bond acceptors (Lipinski definition) is 7. The molecule has 6 nitrogen and oxygen atoms in total. The lowest BCUT2D eigenvalue weighted by Crippen LogP contribution is -2.15. The summed E-state index contributed by atoms with van der Waals surface area (Å²) >= 11 is 1.46. The molecule has 0 aliphatic carbocycles. The van der Waals surface area contributed by atoms with Gasteiger partial charge in [0.15, 0.2) is 16.5 Å². The van der Waals surface area contributed by atoms with Gasteiger partial charge in [0.2, 0.25) is 5.13 Å². The van der Waals surface area contributed by atoms with Gasteiger partial charge in [0.1, 0.15) is 18.9 Å². The van der Waals surface area contributed by atoms with Crippen LogP contribution in [0.4, 0.5) is 10.8 Å². The fraction of sp³-hybridized carbons (Fsp3) is 0.105. The molecule has 0 saturated carbocycles. The molecule has 3 heterocycles. The summed E-state index contributed by atoms with van der Waals surface area (Å²) in [5, 5.41) is 14.3. The van der Waals surface area contributed by atoms with E-state index in [1.54, 1.807) is 0 Å². The average molecular weight is 362 g/mol. The molecule has 0 unspecified atom stereocenters. The van der Waals surface area contributed by atoms with Gasteiger partial charge in [-0.15, -0.1) is 10.2 Å². The van der Waals surface area contributed by atoms with Gasteiger partial charge in [-0.25, -0.2) is 4.98 Å². The molecular weight excluding hydrogens is 348 g/mol. The van der Waals surface area contributed by atoms with E-state index in [0.717, 1.165) is 38.8 Å². The molecule has 5 rings (SSSR count). The van der Waals surface area contributed by atoms with Gasteiger partial charge in [-0.1, -0.05) is 35.6 Å². The van der Waals surface area contributed by atoms with Crippen molar-refractivity contribution < 1.29 is 9.47 Å². The number of anilines is 2. The second-order valence-corrected chi connectivity index (χ2v) is 6.76. The molecule has 0 saturated heterocycles. The molecule has 0 radical (unpaired) electrons. The third-order valence-electron chi connectivity index (χ3n) is 4.04. The Balaban J connectivity index is 1.41. The van der Waals surface area contributed by atoms with Crippen molar-refractivity contribution >= 4 is 33.1 Å². The third kappa shape index (κ3) is 2.82. The molecule has 1 aliphatic heterocycles. The van der Waals surface area contributed by atoms with E-state index in [0.29, 0.717) is 18.3 Å². The molecule has 0 fully saturated rings. The van der Waals surface area contributed by atoms with Crippen molar-refractivity contribution in [2.24, 2.45) is 0 Å². The predicted molar refractivity (Wildman–Crippen MR) is 101 cm³/mol. The Kier molecular flexibility index (Phi) is 3.64. The van der Waals surface area contributed by atoms with Gasteiger partial charge in [-0.2, -0.15) is 0 Å². The van der Waals surface area contributed by atoms with Crippen molar-refractivity contribution in [3.63, 3.8) is 0 Å². The number of fused-ring (bicyclic) bond motifs is 2. The molecule has 2 aromatic carbocycles. The number of ether oxygens (including phenoxy) is 2. The summed E-state index contributed by atoms with van der Waals surface area (Å²) in [6.07, 6.45) is 0. The Morgan fingerprint density at radius 2 is 1.77 bits per heavy atom. The second-order valence-electron chi connectivity index (χ2n) is 5.78. The topological polar surface area (TPSA) is 69.2 Å². The monoisotopic (exact) mass is 362 g/mol. The Morgan fingerprint density at radius 1 is 0.885 bits per heavy atom. The first kappa shape index (κ1) is 15.1. The lowest BCUT2D eigenvalue weighted by atomic mass is 10.2. The van der Waals surface area contributed by atoms with Crippen LogP contribution in [-0.2, 0) is 0 Å². The third-order valence-corrected chi connectivity index (χ3v) is 4.90. The van der Waals surface area contributed by atoms with Gasteiger partial charge >= 0.3 is 0 Å². The summed E-state index contributed by atoms with van der Waals surface area (Å²) in [4.78, 5) is 4.67.